The van der Waals surface area contributed by atoms with Crippen molar-refractivity contribution in [1.29, 1.82) is 0 Å². The second kappa shape index (κ2) is 38.0. The SMILES string of the molecule is CCC(CC)N[C@H](CN(CC(=O)N[C@H](CN(CC(=O)N[C@H](CN(CC(=O)C(N)(CC)CC)C(=O)Cn1ccc2c(=O)[nH]c(N)nc21)[C@@H](C)CCCN=C(N)N)C(=O)Cn1cc(C)c(=O)[nH]c1=O)[C@@H](C)CCCN=C(N)N)C(=O)Cn1ccc(N)nc1=O)[C@@H](C)CCCN=C(N)N. The number of aromatic amines is 2. The summed E-state index contributed by atoms with van der Waals surface area (Å²) < 4.78 is 3.44. The Morgan fingerprint density at radius 3 is 1.49 bits per heavy atom. The predicted molar refractivity (Wildman–Crippen MR) is 368 cm³/mol. The van der Waals surface area contributed by atoms with Crippen LogP contribution in [0.2, 0.25) is 0 Å². The van der Waals surface area contributed by atoms with E-state index in [1.165, 1.54) is 52.0 Å². The van der Waals surface area contributed by atoms with Crippen LogP contribution < -0.4 is 90.1 Å². The number of nitrogens with one attached hydrogen (secondary N) is 5. The Morgan fingerprint density at radius 1 is 0.594 bits per heavy atom. The Labute approximate surface area is 557 Å². The molecule has 0 aromatic carbocycles. The fraction of sp³-hybridized carbons (Fsp3) is 0.623. The highest BCUT2D eigenvalue weighted by molar-refractivity contribution is 5.93. The zero-order chi connectivity index (χ0) is 71.6. The molecule has 4 aromatic rings. The highest BCUT2D eigenvalue weighted by Crippen LogP contribution is 2.21. The molecule has 6 atom stereocenters. The molecule has 0 aliphatic carbocycles. The Kier molecular flexibility index (Phi) is 31.2. The van der Waals surface area contributed by atoms with Crippen LogP contribution in [0.5, 0.6) is 0 Å². The summed E-state index contributed by atoms with van der Waals surface area (Å²) in [6.07, 6.45) is 8.55. The van der Waals surface area contributed by atoms with Gasteiger partial charge < -0.3 is 86.8 Å². The fourth-order valence-corrected chi connectivity index (χ4v) is 11.0. The van der Waals surface area contributed by atoms with Crippen molar-refractivity contribution in [2.24, 2.45) is 72.9 Å². The molecule has 532 valence electrons. The van der Waals surface area contributed by atoms with E-state index in [1.807, 2.05) is 20.8 Å². The van der Waals surface area contributed by atoms with Crippen LogP contribution in [0.15, 0.2) is 64.9 Å². The van der Waals surface area contributed by atoms with Gasteiger partial charge in [0.05, 0.1) is 30.6 Å². The van der Waals surface area contributed by atoms with Gasteiger partial charge in [0.25, 0.3) is 11.1 Å². The lowest BCUT2D eigenvalue weighted by Gasteiger charge is -2.36. The predicted octanol–water partition coefficient (Wildman–Crippen LogP) is -3.24. The van der Waals surface area contributed by atoms with Gasteiger partial charge in [-0.05, 0) is 101 Å². The Bertz CT molecular complexity index is 3590. The number of anilines is 2. The molecule has 4 aromatic heterocycles. The number of H-pyrrole nitrogens is 2. The molecule has 23 N–H and O–H groups in total. The molecule has 0 unspecified atom stereocenters. The molecular formula is C61H103N25O10. The number of Topliss-reactive ketones (excluding diaryl/α,β-unsaturated/α-hetero) is 1. The first-order valence-electron chi connectivity index (χ1n) is 32.5. The maximum absolute atomic E-state index is 15.1. The van der Waals surface area contributed by atoms with Crippen LogP contribution in [0.25, 0.3) is 11.0 Å². The molecule has 0 spiro atoms. The maximum atomic E-state index is 15.1. The molecule has 4 heterocycles. The minimum absolute atomic E-state index is 0.00696. The van der Waals surface area contributed by atoms with E-state index >= 15 is 14.4 Å². The molecule has 0 aliphatic heterocycles. The third-order valence-electron chi connectivity index (χ3n) is 17.3. The lowest BCUT2D eigenvalue weighted by atomic mass is 9.88. The Balaban J connectivity index is 1.86. The van der Waals surface area contributed by atoms with Crippen molar-refractivity contribution in [1.82, 2.24) is 64.3 Å². The number of ketones is 1. The van der Waals surface area contributed by atoms with E-state index in [-0.39, 0.29) is 97.2 Å². The zero-order valence-electron chi connectivity index (χ0n) is 56.7. The van der Waals surface area contributed by atoms with Gasteiger partial charge in [0.15, 0.2) is 23.7 Å². The van der Waals surface area contributed by atoms with Crippen molar-refractivity contribution in [3.63, 3.8) is 0 Å². The highest BCUT2D eigenvalue weighted by atomic mass is 16.2. The van der Waals surface area contributed by atoms with Crippen molar-refractivity contribution in [2.75, 3.05) is 70.4 Å². The fourth-order valence-electron chi connectivity index (χ4n) is 11.0. The van der Waals surface area contributed by atoms with Gasteiger partial charge in [-0.2, -0.15) is 9.97 Å². The van der Waals surface area contributed by atoms with Gasteiger partial charge in [-0.1, -0.05) is 48.5 Å². The first kappa shape index (κ1) is 78.8. The third kappa shape index (κ3) is 24.9. The number of amides is 5. The minimum atomic E-state index is -1.35. The van der Waals surface area contributed by atoms with Gasteiger partial charge >= 0.3 is 11.4 Å². The standard InChI is InChI=1S/C61H103N25O10/c1-9-40(10-2)74-42(36(5)16-13-21-71-55(63)64)27-84(50(91)34-82-25-20-46(62)77-59(82)95)31-47(88)76-44(38(7)18-15-23-73-57(67)68)29-85(51(92)35-86-26-39(8)53(93)80-60(86)96)32-48(89)75-43(37(6)17-14-22-72-56(65)66)28-83(30-45(87)61(70,11-3)12-4)49(90)33-81-24-19-41-52(81)78-58(69)79-54(41)94/h19-20,24-26,36-38,40,42-44,74H,9-18,21-23,27-35,70H2,1-8H3,(H,75,89)(H,76,88)(H2,62,77,95)(H4,63,64,71)(H4,65,66,72)(H4,67,68,73)(H,80,93,96)(H3,69,78,79,94)/t36-,37-,38-,42+,43+,44+/m0/s1. The van der Waals surface area contributed by atoms with Gasteiger partial charge in [0, 0.05) is 87.6 Å². The van der Waals surface area contributed by atoms with E-state index in [4.69, 9.17) is 51.6 Å². The topological polar surface area (TPSA) is 560 Å². The minimum Gasteiger partial charge on any atom is -0.383 e. The van der Waals surface area contributed by atoms with E-state index in [9.17, 15) is 33.6 Å². The van der Waals surface area contributed by atoms with E-state index < -0.39 is 139 Å². The molecule has 0 fully saturated rings. The van der Waals surface area contributed by atoms with Crippen LogP contribution in [0.4, 0.5) is 11.8 Å². The summed E-state index contributed by atoms with van der Waals surface area (Å²) in [6.45, 7) is 11.1. The molecule has 0 saturated carbocycles. The second-order valence-electron chi connectivity index (χ2n) is 24.6. The number of guanidine groups is 3. The van der Waals surface area contributed by atoms with Crippen LogP contribution >= 0.6 is 0 Å². The van der Waals surface area contributed by atoms with Gasteiger partial charge in [-0.15, -0.1) is 0 Å². The molecule has 96 heavy (non-hydrogen) atoms. The van der Waals surface area contributed by atoms with Crippen LogP contribution in [0, 0.1) is 24.7 Å². The van der Waals surface area contributed by atoms with Crippen molar-refractivity contribution in [3.05, 3.63) is 78.0 Å². The number of fused-ring (bicyclic) bond motifs is 1. The summed E-state index contributed by atoms with van der Waals surface area (Å²) in [7, 11) is 0. The third-order valence-corrected chi connectivity index (χ3v) is 17.3. The summed E-state index contributed by atoms with van der Waals surface area (Å²) in [6, 6.07) is 0.406. The zero-order valence-corrected chi connectivity index (χ0v) is 56.7. The molecule has 35 nitrogen and oxygen atoms in total. The molecule has 0 bridgehead atoms. The maximum Gasteiger partial charge on any atom is 0.349 e. The van der Waals surface area contributed by atoms with E-state index in [2.05, 4.69) is 50.9 Å². The number of rotatable bonds is 42. The summed E-state index contributed by atoms with van der Waals surface area (Å²) in [5.74, 6) is -5.82. The normalized spacial score (nSPS) is 13.4. The van der Waals surface area contributed by atoms with Crippen molar-refractivity contribution >= 4 is 76.0 Å². The molecular weight excluding hydrogens is 1240 g/mol. The van der Waals surface area contributed by atoms with Crippen molar-refractivity contribution in [3.8, 4) is 0 Å². The van der Waals surface area contributed by atoms with Gasteiger partial charge in [0.2, 0.25) is 35.5 Å². The smallest absolute Gasteiger partial charge is 0.349 e. The van der Waals surface area contributed by atoms with Crippen LogP contribution in [0.3, 0.4) is 0 Å². The summed E-state index contributed by atoms with van der Waals surface area (Å²) in [5, 5.41) is 9.90. The number of carbonyl (C=O) groups excluding carboxylic acids is 6. The molecule has 4 rings (SSSR count). The molecule has 0 radical (unpaired) electrons. The van der Waals surface area contributed by atoms with Crippen LogP contribution in [-0.4, -0.2) is 190 Å². The van der Waals surface area contributed by atoms with Gasteiger partial charge in [-0.25, -0.2) is 9.59 Å². The number of hydrogen-bond acceptors (Lipinski definition) is 19. The Hall–Kier alpha value is -9.67. The highest BCUT2D eigenvalue weighted by Gasteiger charge is 2.36. The number of nitrogens with two attached hydrogens (primary N) is 9. The first-order valence-corrected chi connectivity index (χ1v) is 32.5. The number of aromatic nitrogens is 7. The lowest BCUT2D eigenvalue weighted by Crippen LogP contribution is -2.57. The molecule has 35 heteroatoms. The molecule has 0 saturated heterocycles. The van der Waals surface area contributed by atoms with E-state index in [0.717, 1.165) is 26.9 Å². The van der Waals surface area contributed by atoms with Gasteiger partial charge in [0.1, 0.15) is 31.1 Å². The molecule has 0 aliphatic rings. The van der Waals surface area contributed by atoms with Crippen LogP contribution in [-0.2, 0) is 48.4 Å². The average Bonchev–Trinajstić information content (AvgIpc) is 1.65. The number of nitrogen functional groups attached to an aromatic ring is 2. The Morgan fingerprint density at radius 2 is 1.03 bits per heavy atom. The summed E-state index contributed by atoms with van der Waals surface area (Å²) in [5.41, 5.74) is 48.1. The number of nitrogens with zero attached hydrogens (tertiary/aromatic N) is 11. The first-order chi connectivity index (χ1) is 45.3. The lowest BCUT2D eigenvalue weighted by molar-refractivity contribution is -0.139. The number of aliphatic imine (C=N–C) groups is 3. The van der Waals surface area contributed by atoms with E-state index in [1.54, 1.807) is 27.7 Å². The largest absolute Gasteiger partial charge is 0.383 e. The monoisotopic (exact) mass is 1350 g/mol. The van der Waals surface area contributed by atoms with Gasteiger partial charge in [-0.3, -0.25) is 72.4 Å². The van der Waals surface area contributed by atoms with Crippen molar-refractivity contribution < 1.29 is 28.8 Å². The van der Waals surface area contributed by atoms with Crippen LogP contribution in [0.1, 0.15) is 118 Å². The second-order valence-corrected chi connectivity index (χ2v) is 24.6. The summed E-state index contributed by atoms with van der Waals surface area (Å²) in [4.78, 5) is 169. The quantitative estimate of drug-likeness (QED) is 0.0118. The molecule has 5 amide bonds. The average molecular weight is 1350 g/mol. The number of carbonyl (C=O) groups is 6. The number of hydrogen-bond donors (Lipinski definition) is 14. The summed E-state index contributed by atoms with van der Waals surface area (Å²) >= 11 is 0. The van der Waals surface area contributed by atoms with E-state index in [0.29, 0.717) is 45.1 Å². The number of aryl methyl sites for hydroxylation is 1. The van der Waals surface area contributed by atoms with Crippen molar-refractivity contribution in [2.45, 2.75) is 169 Å².